The smallest absolute Gasteiger partial charge is 0.431 e. The van der Waals surface area contributed by atoms with Crippen LogP contribution in [0.25, 0.3) is 0 Å². The minimum absolute atomic E-state index is 0.0515. The van der Waals surface area contributed by atoms with Gasteiger partial charge in [0, 0.05) is 6.04 Å². The van der Waals surface area contributed by atoms with E-state index in [1.807, 2.05) is 0 Å². The summed E-state index contributed by atoms with van der Waals surface area (Å²) >= 11 is 0. The van der Waals surface area contributed by atoms with Crippen molar-refractivity contribution in [1.29, 1.82) is 0 Å². The number of halogens is 2. The quantitative estimate of drug-likeness (QED) is 0.173. The average Bonchev–Trinajstić information content (AvgIpc) is 2.88. The summed E-state index contributed by atoms with van der Waals surface area (Å²) in [6.07, 6.45) is 0.829. The Hall–Kier alpha value is -2.95. The Morgan fingerprint density at radius 2 is 1.24 bits per heavy atom. The topological polar surface area (TPSA) is 89.1 Å². The third-order valence-electron chi connectivity index (χ3n) is 6.29. The van der Waals surface area contributed by atoms with Gasteiger partial charge in [0.2, 0.25) is 5.75 Å². The second kappa shape index (κ2) is 11.2. The minimum Gasteiger partial charge on any atom is -0.465 e. The van der Waals surface area contributed by atoms with E-state index < -0.39 is 44.4 Å². The Kier molecular flexibility index (Phi) is 8.20. The molecule has 0 bridgehead atoms. The van der Waals surface area contributed by atoms with Crippen LogP contribution in [0.1, 0.15) is 32.1 Å². The van der Waals surface area contributed by atoms with Crippen LogP contribution in [-0.4, -0.2) is 42.7 Å². The fourth-order valence-corrected chi connectivity index (χ4v) is 10.2. The molecule has 4 rings (SSSR count). The Bertz CT molecular complexity index is 1210. The molecule has 3 aromatic rings. The molecule has 1 fully saturated rings. The molecule has 2 N–H and O–H groups in total. The third-order valence-corrected chi connectivity index (χ3v) is 11.5. The van der Waals surface area contributed by atoms with Gasteiger partial charge in [0.15, 0.2) is 10.3 Å². The van der Waals surface area contributed by atoms with E-state index in [1.54, 1.807) is 91.0 Å². The fraction of sp³-hybridized carbons (Fsp3) is 0.296. The van der Waals surface area contributed by atoms with Crippen LogP contribution in [0.4, 0.5) is 13.6 Å². The van der Waals surface area contributed by atoms with Crippen LogP contribution in [0.3, 0.4) is 0 Å². The molecule has 0 aromatic heterocycles. The maximum absolute atomic E-state index is 15.5. The largest absolute Gasteiger partial charge is 0.465 e. The summed E-state index contributed by atoms with van der Waals surface area (Å²) < 4.78 is 61.7. The van der Waals surface area contributed by atoms with Crippen molar-refractivity contribution < 1.29 is 30.7 Å². The minimum atomic E-state index is -4.73. The van der Waals surface area contributed by atoms with Crippen LogP contribution >= 0.6 is 10.3 Å². The molecular weight excluding hydrogens is 520 g/mol. The third kappa shape index (κ3) is 5.97. The Morgan fingerprint density at radius 3 is 1.62 bits per heavy atom. The average molecular weight is 551 g/mol. The summed E-state index contributed by atoms with van der Waals surface area (Å²) in [4.78, 5) is 13.6. The second-order valence-electron chi connectivity index (χ2n) is 8.90. The number of alkyl halides is 2. The van der Waals surface area contributed by atoms with Crippen molar-refractivity contribution in [2.24, 2.45) is 0 Å². The first-order valence-electron chi connectivity index (χ1n) is 12.0. The monoisotopic (exact) mass is 550 g/mol. The lowest BCUT2D eigenvalue weighted by Gasteiger charge is -2.36. The van der Waals surface area contributed by atoms with Gasteiger partial charge in [-0.3, -0.25) is 0 Å². The molecule has 3 aromatic carbocycles. The van der Waals surface area contributed by atoms with Crippen LogP contribution in [0.15, 0.2) is 106 Å². The van der Waals surface area contributed by atoms with E-state index in [2.05, 4.69) is 0 Å². The Morgan fingerprint density at radius 1 is 0.838 bits per heavy atom. The summed E-state index contributed by atoms with van der Waals surface area (Å²) in [6, 6.07) is 21.2. The molecule has 198 valence electrons. The van der Waals surface area contributed by atoms with E-state index in [0.717, 1.165) is 6.42 Å². The highest BCUT2D eigenvalue weighted by molar-refractivity contribution is 8.30. The second-order valence-corrected chi connectivity index (χ2v) is 13.4. The number of carboxylic acid groups (broad SMARTS) is 1. The molecule has 0 radical (unpaired) electrons. The Balaban J connectivity index is 1.89. The molecule has 1 atom stereocenters. The molecule has 1 saturated carbocycles. The van der Waals surface area contributed by atoms with Crippen LogP contribution < -0.4 is 0 Å². The molecule has 0 saturated heterocycles. The van der Waals surface area contributed by atoms with Crippen molar-refractivity contribution in [1.82, 2.24) is 4.90 Å². The van der Waals surface area contributed by atoms with Crippen molar-refractivity contribution >= 4 is 26.5 Å². The lowest BCUT2D eigenvalue weighted by Crippen LogP contribution is -2.54. The zero-order valence-electron chi connectivity index (χ0n) is 20.1. The number of hydrogen-bond donors (Lipinski definition) is 2. The number of benzene rings is 3. The molecule has 6 nitrogen and oxygen atoms in total. The SMILES string of the molecule is O=C(O)N(C1CCCCC1)C(F)(F)CS(=O)(O)=[O+]S(c1ccccc1)(c1ccccc1)c1ccccc1. The number of rotatable bonds is 8. The molecule has 1 unspecified atom stereocenters. The van der Waals surface area contributed by atoms with Crippen LogP contribution in [0.5, 0.6) is 0 Å². The summed E-state index contributed by atoms with van der Waals surface area (Å²) in [5.74, 6) is -1.68. The fourth-order valence-electron chi connectivity index (χ4n) is 4.74. The van der Waals surface area contributed by atoms with Gasteiger partial charge in [-0.2, -0.15) is 8.78 Å². The van der Waals surface area contributed by atoms with E-state index in [9.17, 15) is 18.7 Å². The molecule has 1 aliphatic carbocycles. The maximum atomic E-state index is 15.5. The van der Waals surface area contributed by atoms with E-state index in [-0.39, 0.29) is 17.7 Å². The highest BCUT2D eigenvalue weighted by Crippen LogP contribution is 2.67. The van der Waals surface area contributed by atoms with Crippen molar-refractivity contribution in [2.75, 3.05) is 5.75 Å². The molecule has 0 aliphatic heterocycles. The first kappa shape index (κ1) is 27.1. The normalized spacial score (nSPS) is 16.9. The van der Waals surface area contributed by atoms with Crippen LogP contribution in [0.2, 0.25) is 0 Å². The summed E-state index contributed by atoms with van der Waals surface area (Å²) in [5, 5.41) is 9.66. The highest BCUT2D eigenvalue weighted by Gasteiger charge is 2.53. The molecule has 10 heteroatoms. The molecule has 1 aliphatic rings. The molecule has 37 heavy (non-hydrogen) atoms. The van der Waals surface area contributed by atoms with Gasteiger partial charge in [-0.05, 0) is 49.2 Å². The van der Waals surface area contributed by atoms with Gasteiger partial charge in [-0.1, -0.05) is 73.9 Å². The molecule has 1 amide bonds. The summed E-state index contributed by atoms with van der Waals surface area (Å²) in [7, 11) is -7.68. The van der Waals surface area contributed by atoms with Crippen molar-refractivity contribution in [3.8, 4) is 0 Å². The van der Waals surface area contributed by atoms with E-state index in [1.165, 1.54) is 0 Å². The predicted octanol–water partition coefficient (Wildman–Crippen LogP) is 7.43. The molecular formula is C27H30F2NO5S2+. The highest BCUT2D eigenvalue weighted by atomic mass is 32.3. The zero-order valence-corrected chi connectivity index (χ0v) is 21.8. The van der Waals surface area contributed by atoms with Crippen molar-refractivity contribution in [3.05, 3.63) is 91.0 Å². The van der Waals surface area contributed by atoms with Crippen LogP contribution in [0, 0.1) is 0 Å². The first-order valence-corrected chi connectivity index (χ1v) is 15.2. The maximum Gasteiger partial charge on any atom is 0.431 e. The van der Waals surface area contributed by atoms with Gasteiger partial charge < -0.3 is 5.11 Å². The number of hydrogen-bond acceptors (Lipinski definition) is 2. The van der Waals surface area contributed by atoms with Gasteiger partial charge in [0.25, 0.3) is 0 Å². The van der Waals surface area contributed by atoms with Gasteiger partial charge in [-0.15, -0.1) is 7.49 Å². The van der Waals surface area contributed by atoms with Gasteiger partial charge in [0.05, 0.1) is 14.7 Å². The lowest BCUT2D eigenvalue weighted by atomic mass is 9.94. The molecule has 0 spiro atoms. The van der Waals surface area contributed by atoms with Gasteiger partial charge >= 0.3 is 22.3 Å². The summed E-state index contributed by atoms with van der Waals surface area (Å²) in [6.45, 7) is 0. The van der Waals surface area contributed by atoms with Gasteiger partial charge in [-0.25, -0.2) is 14.2 Å². The zero-order chi connectivity index (χ0) is 26.5. The van der Waals surface area contributed by atoms with E-state index in [0.29, 0.717) is 27.5 Å². The first-order chi connectivity index (χ1) is 17.7. The van der Waals surface area contributed by atoms with E-state index in [4.69, 9.17) is 3.29 Å². The number of nitrogens with zero attached hydrogens (tertiary/aromatic N) is 1. The lowest BCUT2D eigenvalue weighted by molar-refractivity contribution is -0.132. The van der Waals surface area contributed by atoms with Crippen molar-refractivity contribution in [2.45, 2.75) is 58.9 Å². The number of amides is 1. The molecule has 0 heterocycles. The van der Waals surface area contributed by atoms with Crippen LogP contribution in [-0.2, 0) is 13.4 Å². The standard InChI is InChI=1S/C27H29F2NO5S2/c28-27(29,30(26(31)32)22-13-5-1-6-14-22)21-36(33,34)35-37(23-15-7-2-8-16-23,24-17-9-3-10-18-24)25-19-11-4-12-20-25/h2-4,7-12,15-20,22H,1,5-6,13-14,21H2,(H-,31,32,33,34)/p+1. The Labute approximate surface area is 217 Å². The predicted molar refractivity (Wildman–Crippen MR) is 140 cm³/mol. The van der Waals surface area contributed by atoms with Gasteiger partial charge in [0.1, 0.15) is 0 Å². The van der Waals surface area contributed by atoms with Crippen molar-refractivity contribution in [3.63, 3.8) is 0 Å². The number of carbonyl (C=O) groups is 1. The van der Waals surface area contributed by atoms with E-state index >= 15 is 8.78 Å². The summed E-state index contributed by atoms with van der Waals surface area (Å²) in [5.41, 5.74) is 0.